The molecule has 3 N–H and O–H groups in total. The van der Waals surface area contributed by atoms with E-state index < -0.39 is 22.0 Å². The van der Waals surface area contributed by atoms with Crippen LogP contribution in [-0.4, -0.2) is 32.8 Å². The summed E-state index contributed by atoms with van der Waals surface area (Å²) < 4.78 is 32.1. The molecule has 0 fully saturated rings. The summed E-state index contributed by atoms with van der Waals surface area (Å²) in [4.78, 5) is 23.6. The van der Waals surface area contributed by atoms with E-state index in [0.717, 1.165) is 0 Å². The number of sulfonamides is 1. The molecule has 0 saturated heterocycles. The summed E-state index contributed by atoms with van der Waals surface area (Å²) in [6, 6.07) is 8.76. The van der Waals surface area contributed by atoms with Gasteiger partial charge in [-0.05, 0) is 49.8 Å². The van der Waals surface area contributed by atoms with Gasteiger partial charge in [-0.1, -0.05) is 12.1 Å². The second-order valence-corrected chi connectivity index (χ2v) is 7.70. The number of carbonyl (C=O) groups is 2. The number of amides is 2. The minimum atomic E-state index is -3.67. The van der Waals surface area contributed by atoms with Gasteiger partial charge in [0.2, 0.25) is 21.8 Å². The van der Waals surface area contributed by atoms with E-state index >= 15 is 0 Å². The largest absolute Gasteiger partial charge is 0.468 e. The topological polar surface area (TPSA) is 118 Å². The molecule has 0 unspecified atom stereocenters. The van der Waals surface area contributed by atoms with Crippen LogP contribution in [0.1, 0.15) is 25.2 Å². The average molecular weight is 405 g/mol. The second kappa shape index (κ2) is 9.86. The first kappa shape index (κ1) is 21.4. The first-order valence-electron chi connectivity index (χ1n) is 8.70. The molecular formula is C19H23N3O5S. The minimum absolute atomic E-state index is 0.0565. The standard InChI is InChI=1S/C19H23N3O5S/c1-3-20-19(24)14(2)22-18(23)11-8-15-6-9-17(10-7-15)28(25,26)21-13-16-5-4-12-27-16/h4-12,14,21H,3,13H2,1-2H3,(H,20,24)(H,22,23)/b11-8+/t14-/m0/s1. The second-order valence-electron chi connectivity index (χ2n) is 5.93. The van der Waals surface area contributed by atoms with Crippen LogP contribution in [0.3, 0.4) is 0 Å². The van der Waals surface area contributed by atoms with Crippen molar-refractivity contribution >= 4 is 27.9 Å². The quantitative estimate of drug-likeness (QED) is 0.545. The van der Waals surface area contributed by atoms with Crippen molar-refractivity contribution in [3.8, 4) is 0 Å². The Morgan fingerprint density at radius 1 is 1.18 bits per heavy atom. The third kappa shape index (κ3) is 6.36. The van der Waals surface area contributed by atoms with Crippen molar-refractivity contribution < 1.29 is 22.4 Å². The monoisotopic (exact) mass is 405 g/mol. The molecule has 1 heterocycles. The lowest BCUT2D eigenvalue weighted by atomic mass is 10.2. The van der Waals surface area contributed by atoms with Crippen molar-refractivity contribution in [1.29, 1.82) is 0 Å². The van der Waals surface area contributed by atoms with Crippen LogP contribution in [-0.2, 0) is 26.2 Å². The molecule has 2 amide bonds. The molecule has 9 heteroatoms. The molecule has 0 aliphatic heterocycles. The summed E-state index contributed by atoms with van der Waals surface area (Å²) >= 11 is 0. The van der Waals surface area contributed by atoms with Crippen molar-refractivity contribution in [2.75, 3.05) is 6.54 Å². The van der Waals surface area contributed by atoms with Crippen molar-refractivity contribution in [1.82, 2.24) is 15.4 Å². The summed E-state index contributed by atoms with van der Waals surface area (Å²) in [6.07, 6.45) is 4.29. The number of furan rings is 1. The Morgan fingerprint density at radius 2 is 1.89 bits per heavy atom. The lowest BCUT2D eigenvalue weighted by Crippen LogP contribution is -2.44. The first-order valence-corrected chi connectivity index (χ1v) is 10.2. The van der Waals surface area contributed by atoms with Gasteiger partial charge >= 0.3 is 0 Å². The van der Waals surface area contributed by atoms with E-state index in [1.807, 2.05) is 0 Å². The summed E-state index contributed by atoms with van der Waals surface area (Å²) in [5.74, 6) is -0.174. The van der Waals surface area contributed by atoms with Crippen molar-refractivity contribution in [2.24, 2.45) is 0 Å². The number of rotatable bonds is 9. The third-order valence-electron chi connectivity index (χ3n) is 3.74. The molecule has 1 aromatic heterocycles. The molecule has 2 rings (SSSR count). The number of likely N-dealkylation sites (N-methyl/N-ethyl adjacent to an activating group) is 1. The lowest BCUT2D eigenvalue weighted by molar-refractivity contribution is -0.126. The van der Waals surface area contributed by atoms with Gasteiger partial charge < -0.3 is 15.1 Å². The fourth-order valence-corrected chi connectivity index (χ4v) is 3.24. The molecule has 150 valence electrons. The summed E-state index contributed by atoms with van der Waals surface area (Å²) in [6.45, 7) is 3.93. The van der Waals surface area contributed by atoms with Crippen LogP contribution in [0.15, 0.2) is 58.1 Å². The van der Waals surface area contributed by atoms with Gasteiger partial charge in [0, 0.05) is 12.6 Å². The highest BCUT2D eigenvalue weighted by atomic mass is 32.2. The molecule has 28 heavy (non-hydrogen) atoms. The van der Waals surface area contributed by atoms with Crippen LogP contribution in [0.25, 0.3) is 6.08 Å². The Balaban J connectivity index is 1.93. The maximum absolute atomic E-state index is 12.3. The van der Waals surface area contributed by atoms with Gasteiger partial charge in [-0.15, -0.1) is 0 Å². The summed E-state index contributed by atoms with van der Waals surface area (Å²) in [5, 5.41) is 5.17. The van der Waals surface area contributed by atoms with E-state index in [2.05, 4.69) is 15.4 Å². The van der Waals surface area contributed by atoms with E-state index in [1.165, 1.54) is 30.5 Å². The predicted octanol–water partition coefficient (Wildman–Crippen LogP) is 1.41. The molecule has 2 aromatic rings. The fraction of sp³-hybridized carbons (Fsp3) is 0.263. The molecule has 1 atom stereocenters. The fourth-order valence-electron chi connectivity index (χ4n) is 2.25. The lowest BCUT2D eigenvalue weighted by Gasteiger charge is -2.11. The summed E-state index contributed by atoms with van der Waals surface area (Å²) in [5.41, 5.74) is 0.644. The van der Waals surface area contributed by atoms with E-state index in [-0.39, 0.29) is 17.3 Å². The van der Waals surface area contributed by atoms with Crippen LogP contribution in [0.5, 0.6) is 0 Å². The van der Waals surface area contributed by atoms with Crippen LogP contribution in [0.2, 0.25) is 0 Å². The van der Waals surface area contributed by atoms with Crippen molar-refractivity contribution in [3.63, 3.8) is 0 Å². The SMILES string of the molecule is CCNC(=O)[C@H](C)NC(=O)/C=C/c1ccc(S(=O)(=O)NCc2ccco2)cc1. The molecule has 8 nitrogen and oxygen atoms in total. The van der Waals surface area contributed by atoms with Crippen molar-refractivity contribution in [2.45, 2.75) is 31.3 Å². The number of hydrogen-bond acceptors (Lipinski definition) is 5. The highest BCUT2D eigenvalue weighted by Gasteiger charge is 2.14. The third-order valence-corrected chi connectivity index (χ3v) is 5.15. The highest BCUT2D eigenvalue weighted by molar-refractivity contribution is 7.89. The van der Waals surface area contributed by atoms with E-state index in [4.69, 9.17) is 4.42 Å². The molecule has 0 aliphatic carbocycles. The van der Waals surface area contributed by atoms with Gasteiger partial charge in [-0.3, -0.25) is 9.59 Å². The predicted molar refractivity (Wildman–Crippen MR) is 104 cm³/mol. The Bertz CT molecular complexity index is 919. The molecule has 0 bridgehead atoms. The Labute approximate surface area is 164 Å². The van der Waals surface area contributed by atoms with Crippen LogP contribution < -0.4 is 15.4 Å². The number of benzene rings is 1. The Morgan fingerprint density at radius 3 is 2.50 bits per heavy atom. The Hall–Kier alpha value is -2.91. The minimum Gasteiger partial charge on any atom is -0.468 e. The van der Waals surface area contributed by atoms with Crippen molar-refractivity contribution in [3.05, 3.63) is 60.1 Å². The smallest absolute Gasteiger partial charge is 0.244 e. The van der Waals surface area contributed by atoms with Gasteiger partial charge in [0.1, 0.15) is 11.8 Å². The number of carbonyl (C=O) groups excluding carboxylic acids is 2. The zero-order valence-electron chi connectivity index (χ0n) is 15.6. The molecule has 0 radical (unpaired) electrons. The molecule has 0 spiro atoms. The first-order chi connectivity index (χ1) is 13.3. The zero-order chi connectivity index (χ0) is 20.6. The van der Waals surface area contributed by atoms with Gasteiger partial charge in [0.25, 0.3) is 0 Å². The van der Waals surface area contributed by atoms with E-state index in [1.54, 1.807) is 38.1 Å². The average Bonchev–Trinajstić information content (AvgIpc) is 3.19. The Kier molecular flexibility index (Phi) is 7.53. The van der Waals surface area contributed by atoms with Gasteiger partial charge in [-0.25, -0.2) is 13.1 Å². The highest BCUT2D eigenvalue weighted by Crippen LogP contribution is 2.12. The van der Waals surface area contributed by atoms with Gasteiger partial charge in [0.05, 0.1) is 17.7 Å². The maximum Gasteiger partial charge on any atom is 0.244 e. The maximum atomic E-state index is 12.3. The normalized spacial score (nSPS) is 12.6. The van der Waals surface area contributed by atoms with Gasteiger partial charge in [-0.2, -0.15) is 0 Å². The molecule has 0 saturated carbocycles. The number of hydrogen-bond donors (Lipinski definition) is 3. The molecule has 1 aromatic carbocycles. The van der Waals surface area contributed by atoms with Gasteiger partial charge in [0.15, 0.2) is 0 Å². The van der Waals surface area contributed by atoms with E-state index in [0.29, 0.717) is 17.9 Å². The van der Waals surface area contributed by atoms with Crippen LogP contribution >= 0.6 is 0 Å². The zero-order valence-corrected chi connectivity index (χ0v) is 16.5. The number of nitrogens with one attached hydrogen (secondary N) is 3. The molecular weight excluding hydrogens is 382 g/mol. The summed E-state index contributed by atoms with van der Waals surface area (Å²) in [7, 11) is -3.67. The van der Waals surface area contributed by atoms with E-state index in [9.17, 15) is 18.0 Å². The molecule has 0 aliphatic rings. The van der Waals surface area contributed by atoms with Crippen LogP contribution in [0.4, 0.5) is 0 Å². The van der Waals surface area contributed by atoms with Crippen LogP contribution in [0, 0.1) is 0 Å².